The standard InChI is InChI=1S/C14H20FNO/c15-13(11-5-4-6-12(17)9-11)14(10-16)7-2-1-3-8-14/h4-6,9,13,17H,1-3,7-8,10,16H2. The summed E-state index contributed by atoms with van der Waals surface area (Å²) in [5.41, 5.74) is 5.94. The first-order chi connectivity index (χ1) is 8.18. The number of hydrogen-bond donors (Lipinski definition) is 2. The van der Waals surface area contributed by atoms with Crippen LogP contribution in [-0.2, 0) is 0 Å². The van der Waals surface area contributed by atoms with Crippen LogP contribution in [0.4, 0.5) is 4.39 Å². The van der Waals surface area contributed by atoms with Gasteiger partial charge in [0.1, 0.15) is 11.9 Å². The SMILES string of the molecule is NCC1(C(F)c2cccc(O)c2)CCCCC1. The van der Waals surface area contributed by atoms with Crippen LogP contribution in [0.15, 0.2) is 24.3 Å². The highest BCUT2D eigenvalue weighted by Gasteiger charge is 2.39. The number of phenolic OH excluding ortho intramolecular Hbond substituents is 1. The lowest BCUT2D eigenvalue weighted by atomic mass is 9.69. The first-order valence-corrected chi connectivity index (χ1v) is 6.31. The van der Waals surface area contributed by atoms with Crippen LogP contribution < -0.4 is 5.73 Å². The molecule has 94 valence electrons. The average molecular weight is 237 g/mol. The quantitative estimate of drug-likeness (QED) is 0.847. The minimum absolute atomic E-state index is 0.119. The van der Waals surface area contributed by atoms with Crippen LogP contribution in [0.2, 0.25) is 0 Å². The third kappa shape index (κ3) is 2.44. The van der Waals surface area contributed by atoms with E-state index < -0.39 is 11.6 Å². The van der Waals surface area contributed by atoms with Crippen LogP contribution in [0.3, 0.4) is 0 Å². The molecule has 1 unspecified atom stereocenters. The van der Waals surface area contributed by atoms with Gasteiger partial charge >= 0.3 is 0 Å². The molecule has 0 amide bonds. The first-order valence-electron chi connectivity index (χ1n) is 6.31. The number of hydrogen-bond acceptors (Lipinski definition) is 2. The molecule has 2 nitrogen and oxygen atoms in total. The van der Waals surface area contributed by atoms with Gasteiger partial charge in [-0.2, -0.15) is 0 Å². The topological polar surface area (TPSA) is 46.2 Å². The van der Waals surface area contributed by atoms with E-state index in [1.165, 1.54) is 12.5 Å². The summed E-state index contributed by atoms with van der Waals surface area (Å²) in [5.74, 6) is 0.119. The fourth-order valence-electron chi connectivity index (χ4n) is 2.85. The van der Waals surface area contributed by atoms with Crippen molar-refractivity contribution in [1.82, 2.24) is 0 Å². The molecule has 1 aromatic carbocycles. The Morgan fingerprint density at radius 3 is 2.59 bits per heavy atom. The van der Waals surface area contributed by atoms with Gasteiger partial charge in [-0.05, 0) is 30.5 Å². The monoisotopic (exact) mass is 237 g/mol. The van der Waals surface area contributed by atoms with E-state index in [1.54, 1.807) is 18.2 Å². The molecule has 17 heavy (non-hydrogen) atoms. The number of alkyl halides is 1. The summed E-state index contributed by atoms with van der Waals surface area (Å²) >= 11 is 0. The fraction of sp³-hybridized carbons (Fsp3) is 0.571. The number of halogens is 1. The van der Waals surface area contributed by atoms with Crippen molar-refractivity contribution in [3.8, 4) is 5.75 Å². The number of aromatic hydroxyl groups is 1. The van der Waals surface area contributed by atoms with E-state index in [-0.39, 0.29) is 5.75 Å². The van der Waals surface area contributed by atoms with Crippen molar-refractivity contribution in [1.29, 1.82) is 0 Å². The highest BCUT2D eigenvalue weighted by atomic mass is 19.1. The summed E-state index contributed by atoms with van der Waals surface area (Å²) in [6.07, 6.45) is 3.90. The molecule has 0 aliphatic heterocycles. The second kappa shape index (κ2) is 5.05. The van der Waals surface area contributed by atoms with Crippen LogP contribution in [0.1, 0.15) is 43.8 Å². The second-order valence-corrected chi connectivity index (χ2v) is 5.08. The molecule has 0 aromatic heterocycles. The van der Waals surface area contributed by atoms with Crippen LogP contribution in [0.25, 0.3) is 0 Å². The van der Waals surface area contributed by atoms with Crippen molar-refractivity contribution in [2.45, 2.75) is 38.3 Å². The van der Waals surface area contributed by atoms with Gasteiger partial charge in [0.05, 0.1) is 0 Å². The maximum absolute atomic E-state index is 14.7. The molecule has 2 rings (SSSR count). The number of phenols is 1. The Kier molecular flexibility index (Phi) is 3.67. The lowest BCUT2D eigenvalue weighted by Crippen LogP contribution is -2.37. The van der Waals surface area contributed by atoms with E-state index in [2.05, 4.69) is 0 Å². The van der Waals surface area contributed by atoms with Gasteiger partial charge in [0.2, 0.25) is 0 Å². The van der Waals surface area contributed by atoms with Crippen molar-refractivity contribution >= 4 is 0 Å². The molecule has 1 fully saturated rings. The summed E-state index contributed by atoms with van der Waals surface area (Å²) in [5, 5.41) is 9.42. The highest BCUT2D eigenvalue weighted by molar-refractivity contribution is 5.30. The lowest BCUT2D eigenvalue weighted by Gasteiger charge is -2.39. The maximum Gasteiger partial charge on any atom is 0.132 e. The van der Waals surface area contributed by atoms with Crippen LogP contribution in [0, 0.1) is 5.41 Å². The summed E-state index contributed by atoms with van der Waals surface area (Å²) in [6, 6.07) is 6.49. The second-order valence-electron chi connectivity index (χ2n) is 5.08. The van der Waals surface area contributed by atoms with E-state index in [9.17, 15) is 9.50 Å². The third-order valence-corrected chi connectivity index (χ3v) is 3.96. The van der Waals surface area contributed by atoms with Crippen molar-refractivity contribution in [3.63, 3.8) is 0 Å². The molecule has 1 atom stereocenters. The van der Waals surface area contributed by atoms with Gasteiger partial charge in [0, 0.05) is 12.0 Å². The Hall–Kier alpha value is -1.09. The largest absolute Gasteiger partial charge is 0.508 e. The van der Waals surface area contributed by atoms with Crippen molar-refractivity contribution in [2.24, 2.45) is 11.1 Å². The molecular formula is C14H20FNO. The Morgan fingerprint density at radius 1 is 1.29 bits per heavy atom. The van der Waals surface area contributed by atoms with E-state index in [4.69, 9.17) is 5.73 Å². The van der Waals surface area contributed by atoms with E-state index in [0.717, 1.165) is 25.7 Å². The Labute approximate surface area is 102 Å². The summed E-state index contributed by atoms with van der Waals surface area (Å²) in [6.45, 7) is 0.379. The highest BCUT2D eigenvalue weighted by Crippen LogP contribution is 2.47. The van der Waals surface area contributed by atoms with Gasteiger partial charge in [-0.15, -0.1) is 0 Å². The zero-order valence-corrected chi connectivity index (χ0v) is 10.0. The van der Waals surface area contributed by atoms with Gasteiger partial charge in [0.25, 0.3) is 0 Å². The maximum atomic E-state index is 14.7. The predicted octanol–water partition coefficient (Wildman–Crippen LogP) is 3.31. The summed E-state index contributed by atoms with van der Waals surface area (Å²) < 4.78 is 14.7. The number of rotatable bonds is 3. The summed E-state index contributed by atoms with van der Waals surface area (Å²) in [4.78, 5) is 0. The molecule has 1 aromatic rings. The molecule has 3 N–H and O–H groups in total. The molecule has 0 radical (unpaired) electrons. The van der Waals surface area contributed by atoms with E-state index >= 15 is 0 Å². The van der Waals surface area contributed by atoms with Gasteiger partial charge in [-0.25, -0.2) is 4.39 Å². The zero-order chi connectivity index (χ0) is 12.3. The average Bonchev–Trinajstić information content (AvgIpc) is 2.38. The molecule has 1 aliphatic carbocycles. The molecule has 0 saturated heterocycles. The zero-order valence-electron chi connectivity index (χ0n) is 10.0. The van der Waals surface area contributed by atoms with Gasteiger partial charge < -0.3 is 10.8 Å². The molecule has 1 aliphatic rings. The molecule has 0 heterocycles. The van der Waals surface area contributed by atoms with Crippen LogP contribution in [0.5, 0.6) is 5.75 Å². The number of nitrogens with two attached hydrogens (primary N) is 1. The van der Waals surface area contributed by atoms with Crippen LogP contribution >= 0.6 is 0 Å². The predicted molar refractivity (Wildman–Crippen MR) is 66.5 cm³/mol. The smallest absolute Gasteiger partial charge is 0.132 e. The summed E-state index contributed by atoms with van der Waals surface area (Å²) in [7, 11) is 0. The molecule has 3 heteroatoms. The number of benzene rings is 1. The first kappa shape index (κ1) is 12.4. The van der Waals surface area contributed by atoms with Gasteiger partial charge in [-0.1, -0.05) is 31.4 Å². The Balaban J connectivity index is 2.24. The molecule has 1 saturated carbocycles. The molecule has 0 spiro atoms. The Bertz CT molecular complexity index is 374. The van der Waals surface area contributed by atoms with Crippen molar-refractivity contribution in [2.75, 3.05) is 6.54 Å². The van der Waals surface area contributed by atoms with Crippen molar-refractivity contribution < 1.29 is 9.50 Å². The normalized spacial score (nSPS) is 21.1. The van der Waals surface area contributed by atoms with Gasteiger partial charge in [0.15, 0.2) is 0 Å². The van der Waals surface area contributed by atoms with Crippen LogP contribution in [-0.4, -0.2) is 11.7 Å². The van der Waals surface area contributed by atoms with Crippen molar-refractivity contribution in [3.05, 3.63) is 29.8 Å². The molecule has 0 bridgehead atoms. The molecular weight excluding hydrogens is 217 g/mol. The minimum Gasteiger partial charge on any atom is -0.508 e. The lowest BCUT2D eigenvalue weighted by molar-refractivity contribution is 0.0676. The van der Waals surface area contributed by atoms with Gasteiger partial charge in [-0.3, -0.25) is 0 Å². The van der Waals surface area contributed by atoms with E-state index in [0.29, 0.717) is 12.1 Å². The fourth-order valence-corrected chi connectivity index (χ4v) is 2.85. The minimum atomic E-state index is -1.07. The Morgan fingerprint density at radius 2 is 2.00 bits per heavy atom. The van der Waals surface area contributed by atoms with E-state index in [1.807, 2.05) is 0 Å². The third-order valence-electron chi connectivity index (χ3n) is 3.96.